The van der Waals surface area contributed by atoms with E-state index >= 15 is 0 Å². The Bertz CT molecular complexity index is 436. The number of rotatable bonds is 4. The number of aliphatic hydroxyl groups is 2. The molecule has 2 aliphatic rings. The van der Waals surface area contributed by atoms with Gasteiger partial charge in [-0.25, -0.2) is 4.79 Å². The van der Waals surface area contributed by atoms with Gasteiger partial charge < -0.3 is 19.7 Å². The van der Waals surface area contributed by atoms with Crippen LogP contribution in [0.25, 0.3) is 0 Å². The Morgan fingerprint density at radius 3 is 2.71 bits per heavy atom. The van der Waals surface area contributed by atoms with Crippen molar-refractivity contribution in [1.82, 2.24) is 10.2 Å². The van der Waals surface area contributed by atoms with E-state index in [-0.39, 0.29) is 13.0 Å². The second kappa shape index (κ2) is 6.17. The van der Waals surface area contributed by atoms with Crippen LogP contribution in [-0.2, 0) is 14.3 Å². The van der Waals surface area contributed by atoms with Crippen LogP contribution < -0.4 is 5.32 Å². The van der Waals surface area contributed by atoms with E-state index in [0.29, 0.717) is 6.42 Å². The van der Waals surface area contributed by atoms with Gasteiger partial charge in [0.05, 0.1) is 12.7 Å². The summed E-state index contributed by atoms with van der Waals surface area (Å²) in [5.74, 6) is -0.477. The Morgan fingerprint density at radius 2 is 2.24 bits per heavy atom. The molecule has 0 radical (unpaired) electrons. The highest BCUT2D eigenvalue weighted by atomic mass is 79.9. The van der Waals surface area contributed by atoms with Gasteiger partial charge in [-0.05, 0) is 6.42 Å². The minimum atomic E-state index is -1.10. The third kappa shape index (κ3) is 2.68. The van der Waals surface area contributed by atoms with E-state index in [0.717, 1.165) is 0 Å². The molecule has 0 aromatic heterocycles. The third-order valence-electron chi connectivity index (χ3n) is 3.91. The van der Waals surface area contributed by atoms with Crippen LogP contribution in [0.3, 0.4) is 0 Å². The molecule has 8 nitrogen and oxygen atoms in total. The summed E-state index contributed by atoms with van der Waals surface area (Å²) in [6, 6.07) is -0.647. The summed E-state index contributed by atoms with van der Waals surface area (Å²) in [5, 5.41) is 21.2. The number of methoxy groups -OCH3 is 1. The number of aliphatic hydroxyl groups excluding tert-OH is 2. The molecule has 2 saturated heterocycles. The lowest BCUT2D eigenvalue weighted by atomic mass is 9.99. The van der Waals surface area contributed by atoms with Gasteiger partial charge in [0.2, 0.25) is 5.91 Å². The van der Waals surface area contributed by atoms with Gasteiger partial charge in [0, 0.05) is 13.5 Å². The summed E-state index contributed by atoms with van der Waals surface area (Å²) < 4.78 is 9.74. The normalized spacial score (nSPS) is 40.5. The summed E-state index contributed by atoms with van der Waals surface area (Å²) in [7, 11) is 1.39. The summed E-state index contributed by atoms with van der Waals surface area (Å²) in [6.07, 6.45) is -2.77. The number of carbonyl (C=O) groups excluding carboxylic acids is 2. The topological polar surface area (TPSA) is 108 Å². The highest BCUT2D eigenvalue weighted by molar-refractivity contribution is 9.10. The first-order chi connectivity index (χ1) is 9.88. The Labute approximate surface area is 130 Å². The first kappa shape index (κ1) is 16.6. The van der Waals surface area contributed by atoms with Crippen molar-refractivity contribution in [2.24, 2.45) is 0 Å². The summed E-state index contributed by atoms with van der Waals surface area (Å²) in [6.45, 7) is 1.44. The highest BCUT2D eigenvalue weighted by Crippen LogP contribution is 2.37. The largest absolute Gasteiger partial charge is 0.394 e. The molecule has 5 atom stereocenters. The van der Waals surface area contributed by atoms with Crippen LogP contribution in [0.1, 0.15) is 19.8 Å². The van der Waals surface area contributed by atoms with Gasteiger partial charge in [0.25, 0.3) is 0 Å². The van der Waals surface area contributed by atoms with E-state index in [9.17, 15) is 14.7 Å². The van der Waals surface area contributed by atoms with Crippen molar-refractivity contribution < 1.29 is 29.3 Å². The number of ether oxygens (including phenoxy) is 2. The number of nitrogens with zero attached hydrogens (tertiary/aromatic N) is 1. The predicted octanol–water partition coefficient (Wildman–Crippen LogP) is -0.477. The van der Waals surface area contributed by atoms with Gasteiger partial charge >= 0.3 is 6.03 Å². The third-order valence-corrected chi connectivity index (χ3v) is 5.22. The molecule has 0 spiro atoms. The number of alkyl halides is 1. The maximum atomic E-state index is 12.1. The molecule has 0 aromatic carbocycles. The summed E-state index contributed by atoms with van der Waals surface area (Å²) in [4.78, 5) is 25.4. The van der Waals surface area contributed by atoms with Crippen LogP contribution in [0.5, 0.6) is 0 Å². The monoisotopic (exact) mass is 366 g/mol. The molecule has 0 unspecified atom stereocenters. The van der Waals surface area contributed by atoms with E-state index < -0.39 is 40.9 Å². The number of urea groups is 1. The van der Waals surface area contributed by atoms with Gasteiger partial charge in [-0.1, -0.05) is 22.9 Å². The van der Waals surface area contributed by atoms with E-state index in [4.69, 9.17) is 14.6 Å². The van der Waals surface area contributed by atoms with E-state index in [1.807, 2.05) is 0 Å². The fourth-order valence-corrected chi connectivity index (χ4v) is 3.18. The van der Waals surface area contributed by atoms with Crippen LogP contribution in [0.2, 0.25) is 0 Å². The predicted molar refractivity (Wildman–Crippen MR) is 74.5 cm³/mol. The van der Waals surface area contributed by atoms with Crippen molar-refractivity contribution in [2.75, 3.05) is 13.7 Å². The molecule has 2 fully saturated rings. The number of halogens is 1. The summed E-state index contributed by atoms with van der Waals surface area (Å²) in [5.41, 5.74) is 0. The second-order valence-corrected chi connectivity index (χ2v) is 6.50. The molecule has 0 saturated carbocycles. The van der Waals surface area contributed by atoms with Crippen molar-refractivity contribution in [3.63, 3.8) is 0 Å². The van der Waals surface area contributed by atoms with Crippen molar-refractivity contribution in [3.05, 3.63) is 0 Å². The zero-order chi connectivity index (χ0) is 15.8. The molecular formula is C12H19BrN2O6. The molecule has 3 amide bonds. The lowest BCUT2D eigenvalue weighted by Gasteiger charge is -2.45. The van der Waals surface area contributed by atoms with Gasteiger partial charge in [-0.2, -0.15) is 0 Å². The second-order valence-electron chi connectivity index (χ2n) is 5.09. The van der Waals surface area contributed by atoms with Crippen molar-refractivity contribution >= 4 is 27.9 Å². The molecule has 2 heterocycles. The number of amides is 3. The van der Waals surface area contributed by atoms with Crippen LogP contribution in [0.4, 0.5) is 4.79 Å². The van der Waals surface area contributed by atoms with Crippen LogP contribution >= 0.6 is 15.9 Å². The zero-order valence-corrected chi connectivity index (χ0v) is 13.4. The quantitative estimate of drug-likeness (QED) is 0.580. The van der Waals surface area contributed by atoms with E-state index in [1.165, 1.54) is 12.0 Å². The number of imide groups is 1. The maximum absolute atomic E-state index is 12.1. The van der Waals surface area contributed by atoms with Gasteiger partial charge in [0.1, 0.15) is 16.7 Å². The zero-order valence-electron chi connectivity index (χ0n) is 11.8. The van der Waals surface area contributed by atoms with E-state index in [1.54, 1.807) is 6.92 Å². The Balaban J connectivity index is 2.28. The average molecular weight is 367 g/mol. The van der Waals surface area contributed by atoms with Gasteiger partial charge in [-0.3, -0.25) is 15.0 Å². The molecule has 0 aromatic rings. The molecule has 2 aliphatic heterocycles. The lowest BCUT2D eigenvalue weighted by molar-refractivity contribution is -0.155. The van der Waals surface area contributed by atoms with Gasteiger partial charge in [-0.15, -0.1) is 0 Å². The van der Waals surface area contributed by atoms with E-state index in [2.05, 4.69) is 21.2 Å². The van der Waals surface area contributed by atoms with Crippen molar-refractivity contribution in [1.29, 1.82) is 0 Å². The van der Waals surface area contributed by atoms with Gasteiger partial charge in [0.15, 0.2) is 6.23 Å². The Morgan fingerprint density at radius 1 is 1.57 bits per heavy atom. The molecule has 21 heavy (non-hydrogen) atoms. The maximum Gasteiger partial charge on any atom is 0.328 e. The number of hydrogen-bond acceptors (Lipinski definition) is 6. The number of nitrogens with one attached hydrogen (secondary N) is 1. The molecule has 2 rings (SSSR count). The first-order valence-electron chi connectivity index (χ1n) is 6.68. The summed E-state index contributed by atoms with van der Waals surface area (Å²) >= 11 is 3.35. The standard InChI is InChI=1S/C12H19BrN2O6/c1-3-12(13)9(18)14-11(19)15(10(12)20-2)8-4-6(17)7(5-16)21-8/h6-8,10,16-17H,3-5H2,1-2H3,(H,14,18,19)/t6-,7+,8+,10-,12+/m0/s1. The molecular weight excluding hydrogens is 348 g/mol. The minimum Gasteiger partial charge on any atom is -0.394 e. The smallest absolute Gasteiger partial charge is 0.328 e. The molecule has 120 valence electrons. The van der Waals surface area contributed by atoms with Crippen LogP contribution in [0.15, 0.2) is 0 Å². The van der Waals surface area contributed by atoms with Crippen molar-refractivity contribution in [3.8, 4) is 0 Å². The lowest BCUT2D eigenvalue weighted by Crippen LogP contribution is -2.69. The van der Waals surface area contributed by atoms with Crippen molar-refractivity contribution in [2.45, 2.75) is 48.8 Å². The Kier molecular flexibility index (Phi) is 4.89. The SMILES string of the molecule is CC[C@@]1(Br)C(=O)NC(=O)N([C@H]2C[C@H](O)[C@@H](CO)O2)[C@H]1OC. The van der Waals surface area contributed by atoms with Crippen LogP contribution in [0, 0.1) is 0 Å². The molecule has 0 bridgehead atoms. The molecule has 3 N–H and O–H groups in total. The minimum absolute atomic E-state index is 0.138. The van der Waals surface area contributed by atoms with Crippen LogP contribution in [-0.4, -0.2) is 69.8 Å². The number of carbonyl (C=O) groups is 2. The first-order valence-corrected chi connectivity index (χ1v) is 7.48. The fourth-order valence-electron chi connectivity index (χ4n) is 2.67. The highest BCUT2D eigenvalue weighted by Gasteiger charge is 2.55. The molecule has 0 aliphatic carbocycles. The fraction of sp³-hybridized carbons (Fsp3) is 0.833. The number of hydrogen-bond donors (Lipinski definition) is 3. The molecule has 9 heteroatoms. The Hall–Kier alpha value is -0.740. The average Bonchev–Trinajstić information content (AvgIpc) is 2.82.